The first-order valence-electron chi connectivity index (χ1n) is 11.4. The van der Waals surface area contributed by atoms with E-state index in [1.54, 1.807) is 60.4 Å². The number of ether oxygens (including phenoxy) is 2. The zero-order valence-electron chi connectivity index (χ0n) is 19.4. The van der Waals surface area contributed by atoms with Crippen molar-refractivity contribution in [1.82, 2.24) is 4.90 Å². The Morgan fingerprint density at radius 1 is 1.06 bits per heavy atom. The maximum absolute atomic E-state index is 13.2. The standard InChI is InChI=1S/C25H28N4O6/c1-16(26)17-5-7-19(8-6-17)27-23(31)21(30)22-25(33)29(11-14-35-22)20-4-2-3-18(15-20)24(32)28-9-12-34-13-10-28/h2-8,15,21-22,26,30H,9-14H2,1H3,(H,27,31). The first-order valence-corrected chi connectivity index (χ1v) is 11.4. The van der Waals surface area contributed by atoms with Gasteiger partial charge in [-0.05, 0) is 42.8 Å². The van der Waals surface area contributed by atoms with E-state index in [0.29, 0.717) is 54.5 Å². The van der Waals surface area contributed by atoms with Gasteiger partial charge in [0.15, 0.2) is 12.2 Å². The van der Waals surface area contributed by atoms with Gasteiger partial charge in [0.1, 0.15) is 0 Å². The van der Waals surface area contributed by atoms with Gasteiger partial charge in [0.25, 0.3) is 17.7 Å². The summed E-state index contributed by atoms with van der Waals surface area (Å²) < 4.78 is 10.8. The molecule has 2 aromatic rings. The number of rotatable bonds is 6. The van der Waals surface area contributed by atoms with Crippen molar-refractivity contribution in [3.05, 3.63) is 59.7 Å². The zero-order valence-corrected chi connectivity index (χ0v) is 19.4. The van der Waals surface area contributed by atoms with E-state index < -0.39 is 24.0 Å². The van der Waals surface area contributed by atoms with E-state index in [1.165, 1.54) is 4.90 Å². The third-order valence-electron chi connectivity index (χ3n) is 5.97. The van der Waals surface area contributed by atoms with Crippen molar-refractivity contribution < 1.29 is 29.0 Å². The molecule has 0 saturated carbocycles. The highest BCUT2D eigenvalue weighted by Crippen LogP contribution is 2.23. The molecule has 2 fully saturated rings. The van der Waals surface area contributed by atoms with Crippen LogP contribution in [0.5, 0.6) is 0 Å². The van der Waals surface area contributed by atoms with E-state index in [0.717, 1.165) is 0 Å². The van der Waals surface area contributed by atoms with Crippen LogP contribution in [0.4, 0.5) is 11.4 Å². The van der Waals surface area contributed by atoms with Crippen molar-refractivity contribution in [2.75, 3.05) is 49.7 Å². The fourth-order valence-electron chi connectivity index (χ4n) is 4.00. The van der Waals surface area contributed by atoms with Crippen LogP contribution in [-0.2, 0) is 19.1 Å². The first kappa shape index (κ1) is 24.5. The van der Waals surface area contributed by atoms with Crippen LogP contribution in [0.1, 0.15) is 22.8 Å². The number of aliphatic hydroxyl groups excluding tert-OH is 1. The Bertz CT molecular complexity index is 1110. The highest BCUT2D eigenvalue weighted by molar-refractivity contribution is 6.05. The lowest BCUT2D eigenvalue weighted by Crippen LogP contribution is -2.55. The molecule has 0 aromatic heterocycles. The molecule has 2 heterocycles. The summed E-state index contributed by atoms with van der Waals surface area (Å²) in [4.78, 5) is 41.7. The summed E-state index contributed by atoms with van der Waals surface area (Å²) in [7, 11) is 0. The summed E-state index contributed by atoms with van der Waals surface area (Å²) >= 11 is 0. The third kappa shape index (κ3) is 5.56. The van der Waals surface area contributed by atoms with E-state index >= 15 is 0 Å². The number of carbonyl (C=O) groups is 3. The summed E-state index contributed by atoms with van der Waals surface area (Å²) in [6, 6.07) is 13.3. The molecule has 2 aliphatic heterocycles. The van der Waals surface area contributed by atoms with Crippen molar-refractivity contribution in [2.45, 2.75) is 19.1 Å². The summed E-state index contributed by atoms with van der Waals surface area (Å²) in [6.45, 7) is 3.99. The van der Waals surface area contributed by atoms with Crippen molar-refractivity contribution in [3.63, 3.8) is 0 Å². The predicted octanol–water partition coefficient (Wildman–Crippen LogP) is 1.28. The molecule has 3 N–H and O–H groups in total. The molecule has 2 unspecified atom stereocenters. The van der Waals surface area contributed by atoms with Gasteiger partial charge in [0.2, 0.25) is 0 Å². The molecule has 2 aliphatic rings. The van der Waals surface area contributed by atoms with Gasteiger partial charge in [-0.2, -0.15) is 0 Å². The lowest BCUT2D eigenvalue weighted by atomic mass is 10.1. The summed E-state index contributed by atoms with van der Waals surface area (Å²) in [5.41, 5.74) is 2.46. The fourth-order valence-corrected chi connectivity index (χ4v) is 4.00. The van der Waals surface area contributed by atoms with Crippen LogP contribution >= 0.6 is 0 Å². The number of carbonyl (C=O) groups excluding carboxylic acids is 3. The van der Waals surface area contributed by atoms with Crippen LogP contribution in [0.3, 0.4) is 0 Å². The lowest BCUT2D eigenvalue weighted by molar-refractivity contribution is -0.150. The summed E-state index contributed by atoms with van der Waals surface area (Å²) in [5.74, 6) is -1.48. The smallest absolute Gasteiger partial charge is 0.259 e. The minimum absolute atomic E-state index is 0.121. The maximum atomic E-state index is 13.2. The average Bonchev–Trinajstić information content (AvgIpc) is 2.89. The molecule has 2 saturated heterocycles. The normalized spacial score (nSPS) is 19.3. The molecule has 10 heteroatoms. The second-order valence-electron chi connectivity index (χ2n) is 8.37. The largest absolute Gasteiger partial charge is 0.380 e. The second-order valence-corrected chi connectivity index (χ2v) is 8.37. The molecule has 10 nitrogen and oxygen atoms in total. The van der Waals surface area contributed by atoms with Crippen molar-refractivity contribution in [1.29, 1.82) is 5.41 Å². The Labute approximate surface area is 202 Å². The average molecular weight is 481 g/mol. The maximum Gasteiger partial charge on any atom is 0.259 e. The van der Waals surface area contributed by atoms with Crippen LogP contribution in [0, 0.1) is 5.41 Å². The molecule has 0 spiro atoms. The van der Waals surface area contributed by atoms with Crippen molar-refractivity contribution in [3.8, 4) is 0 Å². The van der Waals surface area contributed by atoms with E-state index in [4.69, 9.17) is 14.9 Å². The third-order valence-corrected chi connectivity index (χ3v) is 5.97. The highest BCUT2D eigenvalue weighted by Gasteiger charge is 2.39. The van der Waals surface area contributed by atoms with Crippen LogP contribution in [0.25, 0.3) is 0 Å². The van der Waals surface area contributed by atoms with Gasteiger partial charge < -0.3 is 35.1 Å². The first-order chi connectivity index (χ1) is 16.8. The number of nitrogens with one attached hydrogen (secondary N) is 2. The van der Waals surface area contributed by atoms with Crippen LogP contribution in [0.2, 0.25) is 0 Å². The van der Waals surface area contributed by atoms with E-state index in [1.807, 2.05) is 0 Å². The van der Waals surface area contributed by atoms with E-state index in [2.05, 4.69) is 5.32 Å². The van der Waals surface area contributed by atoms with Gasteiger partial charge >= 0.3 is 0 Å². The Morgan fingerprint density at radius 2 is 1.77 bits per heavy atom. The van der Waals surface area contributed by atoms with Gasteiger partial charge in [-0.3, -0.25) is 14.4 Å². The Morgan fingerprint density at radius 3 is 2.46 bits per heavy atom. The molecule has 35 heavy (non-hydrogen) atoms. The van der Waals surface area contributed by atoms with Gasteiger partial charge in [-0.15, -0.1) is 0 Å². The fraction of sp³-hybridized carbons (Fsp3) is 0.360. The Kier molecular flexibility index (Phi) is 7.54. The molecular formula is C25H28N4O6. The monoisotopic (exact) mass is 480 g/mol. The number of morpholine rings is 2. The second kappa shape index (κ2) is 10.8. The number of hydrogen-bond acceptors (Lipinski definition) is 7. The van der Waals surface area contributed by atoms with Crippen LogP contribution in [0.15, 0.2) is 48.5 Å². The number of hydrogen-bond donors (Lipinski definition) is 3. The topological polar surface area (TPSA) is 132 Å². The van der Waals surface area contributed by atoms with Crippen molar-refractivity contribution in [2.24, 2.45) is 0 Å². The lowest BCUT2D eigenvalue weighted by Gasteiger charge is -2.34. The molecule has 2 aromatic carbocycles. The van der Waals surface area contributed by atoms with Gasteiger partial charge in [-0.1, -0.05) is 18.2 Å². The molecule has 0 bridgehead atoms. The van der Waals surface area contributed by atoms with E-state index in [-0.39, 0.29) is 19.1 Å². The summed E-state index contributed by atoms with van der Waals surface area (Å²) in [6.07, 6.45) is -3.11. The van der Waals surface area contributed by atoms with Gasteiger partial charge in [-0.25, -0.2) is 0 Å². The summed E-state index contributed by atoms with van der Waals surface area (Å²) in [5, 5.41) is 20.8. The minimum atomic E-state index is -1.73. The molecule has 0 aliphatic carbocycles. The molecular weight excluding hydrogens is 452 g/mol. The predicted molar refractivity (Wildman–Crippen MR) is 129 cm³/mol. The molecule has 0 radical (unpaired) electrons. The number of benzene rings is 2. The molecule has 184 valence electrons. The Balaban J connectivity index is 1.44. The van der Waals surface area contributed by atoms with Crippen molar-refractivity contribution >= 4 is 34.8 Å². The number of anilines is 2. The van der Waals surface area contributed by atoms with Crippen LogP contribution in [-0.4, -0.2) is 85.1 Å². The van der Waals surface area contributed by atoms with Crippen LogP contribution < -0.4 is 10.2 Å². The molecule has 2 atom stereocenters. The molecule has 4 rings (SSSR count). The van der Waals surface area contributed by atoms with Gasteiger partial charge in [0, 0.05) is 42.3 Å². The number of amides is 3. The number of aliphatic hydroxyl groups is 1. The zero-order chi connectivity index (χ0) is 24.9. The number of nitrogens with zero attached hydrogens (tertiary/aromatic N) is 2. The van der Waals surface area contributed by atoms with E-state index in [9.17, 15) is 19.5 Å². The SMILES string of the molecule is CC(=N)c1ccc(NC(=O)C(O)C2OCCN(c3cccc(C(=O)N4CCOCC4)c3)C2=O)cc1. The Hall–Kier alpha value is -3.60. The minimum Gasteiger partial charge on any atom is -0.380 e. The quantitative estimate of drug-likeness (QED) is 0.534. The van der Waals surface area contributed by atoms with Gasteiger partial charge in [0.05, 0.1) is 19.8 Å². The highest BCUT2D eigenvalue weighted by atomic mass is 16.5. The molecule has 3 amide bonds.